The van der Waals surface area contributed by atoms with Gasteiger partial charge in [0.1, 0.15) is 0 Å². The molecule has 4 unspecified atom stereocenters. The topological polar surface area (TPSA) is 124 Å². The Morgan fingerprint density at radius 3 is 2.12 bits per heavy atom. The average Bonchev–Trinajstić information content (AvgIpc) is 2.83. The van der Waals surface area contributed by atoms with Crippen LogP contribution in [-0.4, -0.2) is 72.8 Å². The van der Waals surface area contributed by atoms with E-state index >= 15 is 0 Å². The van der Waals surface area contributed by atoms with Crippen molar-refractivity contribution >= 4 is 72.8 Å². The Morgan fingerprint density at radius 2 is 1.58 bits per heavy atom. The zero-order valence-electron chi connectivity index (χ0n) is 13.0. The van der Waals surface area contributed by atoms with Gasteiger partial charge < -0.3 is 24.5 Å². The van der Waals surface area contributed by atoms with Crippen LogP contribution in [0.15, 0.2) is 24.3 Å². The number of cyclic esters (lactones) is 2. The van der Waals surface area contributed by atoms with E-state index in [9.17, 15) is 29.4 Å². The van der Waals surface area contributed by atoms with Crippen LogP contribution in [0.1, 0.15) is 25.7 Å². The minimum atomic E-state index is -1.35. The Hall–Kier alpha value is -0.869. The Balaban J connectivity index is 0.000000231. The first-order valence-electron chi connectivity index (χ1n) is 7.42. The van der Waals surface area contributed by atoms with E-state index in [1.807, 2.05) is 6.08 Å². The van der Waals surface area contributed by atoms with Crippen LogP contribution in [0.5, 0.6) is 0 Å². The molecule has 0 amide bonds. The molecule has 0 aromatic heterocycles. The molecule has 1 heterocycles. The predicted octanol–water partition coefficient (Wildman–Crippen LogP) is -1.66. The van der Waals surface area contributed by atoms with Gasteiger partial charge in [0.05, 0.1) is 11.8 Å². The molecule has 0 aromatic carbocycles. The minimum absolute atomic E-state index is 0. The maximum atomic E-state index is 10.9. The van der Waals surface area contributed by atoms with Gasteiger partial charge >= 0.3 is 60.8 Å². The molecule has 1 fully saturated rings. The molecule has 0 bridgehead atoms. The summed E-state index contributed by atoms with van der Waals surface area (Å²) >= 11 is 0. The number of esters is 2. The first-order chi connectivity index (χ1) is 10.9. The molecule has 2 aliphatic carbocycles. The van der Waals surface area contributed by atoms with Crippen LogP contribution < -0.4 is 10.2 Å². The summed E-state index contributed by atoms with van der Waals surface area (Å²) < 4.78 is 4.48. The van der Waals surface area contributed by atoms with Gasteiger partial charge in [-0.25, -0.2) is 0 Å². The molecule has 8 heteroatoms. The number of hydrogen-bond donors (Lipinski definition) is 0. The van der Waals surface area contributed by atoms with Gasteiger partial charge in [-0.15, -0.1) is 0 Å². The largest absolute Gasteiger partial charge is 2.00 e. The van der Waals surface area contributed by atoms with Crippen molar-refractivity contribution in [1.29, 1.82) is 0 Å². The molecule has 0 N–H and O–H groups in total. The molecule has 4 atom stereocenters. The van der Waals surface area contributed by atoms with Gasteiger partial charge in [0.2, 0.25) is 0 Å². The summed E-state index contributed by atoms with van der Waals surface area (Å²) in [7, 11) is 0. The number of aliphatic carboxylic acids is 2. The summed E-state index contributed by atoms with van der Waals surface area (Å²) in [6.07, 6.45) is 9.26. The van der Waals surface area contributed by atoms with Crippen molar-refractivity contribution in [3.63, 3.8) is 0 Å². The maximum Gasteiger partial charge on any atom is 2.00 e. The van der Waals surface area contributed by atoms with Crippen molar-refractivity contribution in [3.8, 4) is 0 Å². The summed E-state index contributed by atoms with van der Waals surface area (Å²) in [5, 5.41) is 20.8. The molecule has 0 radical (unpaired) electrons. The van der Waals surface area contributed by atoms with Gasteiger partial charge in [-0.05, 0) is 25.7 Å². The van der Waals surface area contributed by atoms with Crippen molar-refractivity contribution in [1.82, 2.24) is 0 Å². The summed E-state index contributed by atoms with van der Waals surface area (Å²) in [5.41, 5.74) is 0. The number of allylic oxidation sites excluding steroid dienone is 2. The average molecular weight is 458 g/mol. The van der Waals surface area contributed by atoms with E-state index in [0.717, 1.165) is 12.8 Å². The minimum Gasteiger partial charge on any atom is -0.550 e. The molecule has 3 aliphatic rings. The fourth-order valence-corrected chi connectivity index (χ4v) is 2.92. The Kier molecular flexibility index (Phi) is 8.45. The van der Waals surface area contributed by atoms with Crippen molar-refractivity contribution in [2.75, 3.05) is 0 Å². The molecular formula is C16H16BaO7. The number of carbonyl (C=O) groups is 4. The summed E-state index contributed by atoms with van der Waals surface area (Å²) in [6.45, 7) is 0. The van der Waals surface area contributed by atoms with Crippen molar-refractivity contribution in [2.24, 2.45) is 23.7 Å². The third kappa shape index (κ3) is 5.06. The van der Waals surface area contributed by atoms with Gasteiger partial charge in [-0.1, -0.05) is 24.3 Å². The van der Waals surface area contributed by atoms with Crippen molar-refractivity contribution in [2.45, 2.75) is 25.7 Å². The van der Waals surface area contributed by atoms with Crippen LogP contribution in [0, 0.1) is 23.7 Å². The Morgan fingerprint density at radius 1 is 0.958 bits per heavy atom. The molecule has 124 valence electrons. The second-order valence-electron chi connectivity index (χ2n) is 5.65. The van der Waals surface area contributed by atoms with Crippen LogP contribution in [0.25, 0.3) is 0 Å². The first kappa shape index (κ1) is 21.2. The Bertz CT molecular complexity index is 581. The first-order valence-corrected chi connectivity index (χ1v) is 7.42. The van der Waals surface area contributed by atoms with Crippen LogP contribution in [0.3, 0.4) is 0 Å². The molecular weight excluding hydrogens is 441 g/mol. The van der Waals surface area contributed by atoms with E-state index < -0.39 is 23.8 Å². The fourth-order valence-electron chi connectivity index (χ4n) is 2.92. The molecule has 7 nitrogen and oxygen atoms in total. The summed E-state index contributed by atoms with van der Waals surface area (Å²) in [4.78, 5) is 42.7. The quantitative estimate of drug-likeness (QED) is 0.210. The van der Waals surface area contributed by atoms with E-state index in [1.54, 1.807) is 12.2 Å². The van der Waals surface area contributed by atoms with Gasteiger partial charge in [-0.2, -0.15) is 0 Å². The number of hydrogen-bond acceptors (Lipinski definition) is 7. The third-order valence-electron chi connectivity index (χ3n) is 4.19. The normalized spacial score (nSPS) is 30.3. The van der Waals surface area contributed by atoms with Crippen molar-refractivity contribution < 1.29 is 34.1 Å². The molecule has 3 rings (SSSR count). The third-order valence-corrected chi connectivity index (χ3v) is 4.19. The van der Waals surface area contributed by atoms with Gasteiger partial charge in [-0.3, -0.25) is 9.59 Å². The molecule has 1 aliphatic heterocycles. The summed E-state index contributed by atoms with van der Waals surface area (Å²) in [5.74, 6) is -5.80. The van der Waals surface area contributed by atoms with Gasteiger partial charge in [0, 0.05) is 23.8 Å². The van der Waals surface area contributed by atoms with Crippen molar-refractivity contribution in [3.05, 3.63) is 24.3 Å². The number of ether oxygens (including phenoxy) is 1. The van der Waals surface area contributed by atoms with E-state index in [2.05, 4.69) is 4.74 Å². The second kappa shape index (κ2) is 9.57. The number of carboxylic acids is 2. The van der Waals surface area contributed by atoms with Crippen LogP contribution >= 0.6 is 0 Å². The maximum absolute atomic E-state index is 10.9. The number of carboxylic acid groups (broad SMARTS) is 2. The Labute approximate surface area is 179 Å². The van der Waals surface area contributed by atoms with Gasteiger partial charge in [0.25, 0.3) is 0 Å². The molecule has 1 saturated heterocycles. The van der Waals surface area contributed by atoms with E-state index in [-0.39, 0.29) is 72.7 Å². The fraction of sp³-hybridized carbons (Fsp3) is 0.500. The SMILES string of the molecule is O=C([O-])C1C=CCCC1C(=O)[O-].O=C1OC(=O)C2CCC=CC12.[Ba+2]. The zero-order chi connectivity index (χ0) is 17.0. The van der Waals surface area contributed by atoms with Crippen LogP contribution in [-0.2, 0) is 23.9 Å². The molecule has 0 saturated carbocycles. The smallest absolute Gasteiger partial charge is 0.550 e. The standard InChI is InChI=1S/C8H10O4.C8H8O3.Ba/c9-7(10)5-3-1-2-4-6(5)8(11)12;9-7-5-3-1-2-4-6(5)8(10)11-7;/h1,3,5-6H,2,4H2,(H,9,10)(H,11,12);1,3,5-6H,2,4H2;/q;;+2/p-2. The molecule has 0 spiro atoms. The van der Waals surface area contributed by atoms with Crippen LogP contribution in [0.2, 0.25) is 0 Å². The summed E-state index contributed by atoms with van der Waals surface area (Å²) in [6, 6.07) is 0. The monoisotopic (exact) mass is 458 g/mol. The van der Waals surface area contributed by atoms with E-state index in [4.69, 9.17) is 0 Å². The van der Waals surface area contributed by atoms with E-state index in [1.165, 1.54) is 6.08 Å². The predicted molar refractivity (Wildman–Crippen MR) is 77.6 cm³/mol. The second-order valence-corrected chi connectivity index (χ2v) is 5.65. The molecule has 24 heavy (non-hydrogen) atoms. The molecule has 0 aromatic rings. The van der Waals surface area contributed by atoms with Crippen LogP contribution in [0.4, 0.5) is 0 Å². The van der Waals surface area contributed by atoms with E-state index in [0.29, 0.717) is 12.8 Å². The van der Waals surface area contributed by atoms with Gasteiger partial charge in [0.15, 0.2) is 0 Å². The zero-order valence-corrected chi connectivity index (χ0v) is 17.5. The number of carbonyl (C=O) groups excluding carboxylic acids is 4. The number of fused-ring (bicyclic) bond motifs is 1. The number of rotatable bonds is 2.